The normalized spacial score (nSPS) is 10.8. The summed E-state index contributed by atoms with van der Waals surface area (Å²) in [6.07, 6.45) is 0. The van der Waals surface area contributed by atoms with Crippen LogP contribution in [-0.4, -0.2) is 10.1 Å². The first-order valence-electron chi connectivity index (χ1n) is 6.19. The molecule has 6 heteroatoms. The van der Waals surface area contributed by atoms with Crippen LogP contribution in [0, 0.1) is 16.3 Å². The van der Waals surface area contributed by atoms with Crippen LogP contribution in [-0.2, 0) is 0 Å². The van der Waals surface area contributed by atoms with Crippen molar-refractivity contribution >= 4 is 28.3 Å². The van der Waals surface area contributed by atoms with Gasteiger partial charge < -0.3 is 10.3 Å². The first kappa shape index (κ1) is 14.0. The van der Waals surface area contributed by atoms with E-state index in [1.54, 1.807) is 12.1 Å². The number of hydrogen-bond acceptors (Lipinski definition) is 4. The highest BCUT2D eigenvalue weighted by molar-refractivity contribution is 14.1. The summed E-state index contributed by atoms with van der Waals surface area (Å²) < 4.78 is 19.7. The number of hydrogen-bond donors (Lipinski definition) is 1. The molecule has 3 aromatic rings. The third kappa shape index (κ3) is 2.90. The number of anilines is 1. The molecule has 1 heterocycles. The predicted octanol–water partition coefficient (Wildman–Crippen LogP) is 4.04. The molecule has 21 heavy (non-hydrogen) atoms. The number of nitrogens with two attached hydrogens (primary N) is 1. The molecule has 0 atom stereocenters. The van der Waals surface area contributed by atoms with Crippen molar-refractivity contribution in [3.8, 4) is 22.8 Å². The molecule has 0 aliphatic heterocycles. The minimum Gasteiger partial charge on any atom is -0.398 e. The smallest absolute Gasteiger partial charge is 0.260 e. The fourth-order valence-electron chi connectivity index (χ4n) is 2.03. The van der Waals surface area contributed by atoms with Crippen molar-refractivity contribution in [2.45, 2.75) is 6.92 Å². The van der Waals surface area contributed by atoms with Gasteiger partial charge in [-0.05, 0) is 71.5 Å². The van der Waals surface area contributed by atoms with Gasteiger partial charge in [-0.2, -0.15) is 4.98 Å². The van der Waals surface area contributed by atoms with E-state index < -0.39 is 0 Å². The molecule has 0 spiro atoms. The average molecular weight is 395 g/mol. The van der Waals surface area contributed by atoms with Crippen LogP contribution in [0.3, 0.4) is 0 Å². The van der Waals surface area contributed by atoms with E-state index in [1.807, 2.05) is 19.1 Å². The van der Waals surface area contributed by atoms with Gasteiger partial charge in [0.25, 0.3) is 5.89 Å². The summed E-state index contributed by atoms with van der Waals surface area (Å²) in [4.78, 5) is 4.31. The molecule has 106 valence electrons. The lowest BCUT2D eigenvalue weighted by Crippen LogP contribution is -1.91. The number of halogens is 2. The van der Waals surface area contributed by atoms with Gasteiger partial charge in [0.2, 0.25) is 5.82 Å². The lowest BCUT2D eigenvalue weighted by Gasteiger charge is -2.00. The lowest BCUT2D eigenvalue weighted by molar-refractivity contribution is 0.432. The number of nitrogens with zero attached hydrogens (tertiary/aromatic N) is 2. The Labute approximate surface area is 134 Å². The fourth-order valence-corrected chi connectivity index (χ4v) is 2.52. The molecule has 0 saturated carbocycles. The third-order valence-corrected chi connectivity index (χ3v) is 3.64. The van der Waals surface area contributed by atoms with Crippen molar-refractivity contribution in [1.82, 2.24) is 10.1 Å². The molecule has 0 bridgehead atoms. The molecule has 2 aromatic carbocycles. The Hall–Kier alpha value is -1.96. The Kier molecular flexibility index (Phi) is 3.62. The maximum absolute atomic E-state index is 13.5. The molecule has 0 radical (unpaired) electrons. The topological polar surface area (TPSA) is 64.9 Å². The molecular formula is C15H11FIN3O. The monoisotopic (exact) mass is 395 g/mol. The standard InChI is InChI=1S/C15H11FIN3O/c1-8-4-9(6-10(16)5-8)14-19-15(21-20-14)12-7-11(17)2-3-13(12)18/h2-7H,18H2,1H3. The maximum Gasteiger partial charge on any atom is 0.260 e. The second-order valence-corrected chi connectivity index (χ2v) is 5.92. The number of rotatable bonds is 2. The molecule has 1 aromatic heterocycles. The zero-order valence-electron chi connectivity index (χ0n) is 11.1. The summed E-state index contributed by atoms with van der Waals surface area (Å²) in [5.74, 6) is 0.332. The van der Waals surface area contributed by atoms with Gasteiger partial charge in [0.15, 0.2) is 0 Å². The van der Waals surface area contributed by atoms with Crippen LogP contribution in [0.5, 0.6) is 0 Å². The van der Waals surface area contributed by atoms with Gasteiger partial charge in [-0.25, -0.2) is 4.39 Å². The largest absolute Gasteiger partial charge is 0.398 e. The van der Waals surface area contributed by atoms with E-state index in [-0.39, 0.29) is 5.82 Å². The Morgan fingerprint density at radius 3 is 2.76 bits per heavy atom. The molecule has 0 unspecified atom stereocenters. The summed E-state index contributed by atoms with van der Waals surface area (Å²) in [7, 11) is 0. The SMILES string of the molecule is Cc1cc(F)cc(-c2noc(-c3cc(I)ccc3N)n2)c1. The van der Waals surface area contributed by atoms with Crippen LogP contribution in [0.1, 0.15) is 5.56 Å². The molecule has 0 aliphatic rings. The van der Waals surface area contributed by atoms with Crippen LogP contribution in [0.2, 0.25) is 0 Å². The summed E-state index contributed by atoms with van der Waals surface area (Å²) in [6.45, 7) is 1.81. The highest BCUT2D eigenvalue weighted by Crippen LogP contribution is 2.28. The second-order valence-electron chi connectivity index (χ2n) is 4.67. The molecular weight excluding hydrogens is 384 g/mol. The van der Waals surface area contributed by atoms with Gasteiger partial charge in [0.05, 0.1) is 5.56 Å². The van der Waals surface area contributed by atoms with E-state index in [9.17, 15) is 4.39 Å². The van der Waals surface area contributed by atoms with E-state index >= 15 is 0 Å². The summed E-state index contributed by atoms with van der Waals surface area (Å²) >= 11 is 2.18. The predicted molar refractivity (Wildman–Crippen MR) is 87.0 cm³/mol. The molecule has 0 saturated heterocycles. The van der Waals surface area contributed by atoms with Crippen molar-refractivity contribution in [2.75, 3.05) is 5.73 Å². The number of nitrogen functional groups attached to an aromatic ring is 1. The van der Waals surface area contributed by atoms with Crippen LogP contribution < -0.4 is 5.73 Å². The van der Waals surface area contributed by atoms with Crippen LogP contribution >= 0.6 is 22.6 Å². The average Bonchev–Trinajstić information content (AvgIpc) is 2.90. The minimum absolute atomic E-state index is 0.322. The van der Waals surface area contributed by atoms with Gasteiger partial charge in [0, 0.05) is 14.8 Å². The van der Waals surface area contributed by atoms with E-state index in [0.29, 0.717) is 28.5 Å². The van der Waals surface area contributed by atoms with E-state index in [1.165, 1.54) is 12.1 Å². The Morgan fingerprint density at radius 1 is 1.19 bits per heavy atom. The highest BCUT2D eigenvalue weighted by Gasteiger charge is 2.14. The van der Waals surface area contributed by atoms with Crippen LogP contribution in [0.4, 0.5) is 10.1 Å². The Bertz CT molecular complexity index is 796. The third-order valence-electron chi connectivity index (χ3n) is 2.97. The van der Waals surface area contributed by atoms with Crippen LogP contribution in [0.25, 0.3) is 22.8 Å². The molecule has 0 fully saturated rings. The van der Waals surface area contributed by atoms with Crippen molar-refractivity contribution in [2.24, 2.45) is 0 Å². The van der Waals surface area contributed by atoms with Crippen molar-refractivity contribution in [3.63, 3.8) is 0 Å². The van der Waals surface area contributed by atoms with Gasteiger partial charge >= 0.3 is 0 Å². The lowest BCUT2D eigenvalue weighted by atomic mass is 10.1. The molecule has 4 nitrogen and oxygen atoms in total. The highest BCUT2D eigenvalue weighted by atomic mass is 127. The summed E-state index contributed by atoms with van der Waals surface area (Å²) in [6, 6.07) is 10.2. The zero-order valence-corrected chi connectivity index (χ0v) is 13.3. The molecule has 2 N–H and O–H groups in total. The maximum atomic E-state index is 13.5. The van der Waals surface area contributed by atoms with Crippen molar-refractivity contribution in [1.29, 1.82) is 0 Å². The van der Waals surface area contributed by atoms with Crippen molar-refractivity contribution < 1.29 is 8.91 Å². The molecule has 0 amide bonds. The summed E-state index contributed by atoms with van der Waals surface area (Å²) in [5, 5.41) is 3.91. The second kappa shape index (κ2) is 5.44. The molecule has 3 rings (SSSR count). The fraction of sp³-hybridized carbons (Fsp3) is 0.0667. The molecule has 0 aliphatic carbocycles. The number of aryl methyl sites for hydroxylation is 1. The van der Waals surface area contributed by atoms with Crippen molar-refractivity contribution in [3.05, 3.63) is 51.3 Å². The van der Waals surface area contributed by atoms with E-state index in [2.05, 4.69) is 32.7 Å². The number of benzene rings is 2. The minimum atomic E-state index is -0.329. The van der Waals surface area contributed by atoms with Gasteiger partial charge in [-0.1, -0.05) is 5.16 Å². The van der Waals surface area contributed by atoms with Gasteiger partial charge in [-0.15, -0.1) is 0 Å². The summed E-state index contributed by atoms with van der Waals surface area (Å²) in [5.41, 5.74) is 8.53. The zero-order chi connectivity index (χ0) is 15.0. The Balaban J connectivity index is 2.05. The quantitative estimate of drug-likeness (QED) is 0.526. The van der Waals surface area contributed by atoms with E-state index in [4.69, 9.17) is 10.3 Å². The van der Waals surface area contributed by atoms with Gasteiger partial charge in [0.1, 0.15) is 5.82 Å². The Morgan fingerprint density at radius 2 is 2.00 bits per heavy atom. The van der Waals surface area contributed by atoms with E-state index in [0.717, 1.165) is 9.13 Å². The van der Waals surface area contributed by atoms with Crippen LogP contribution in [0.15, 0.2) is 40.9 Å². The van der Waals surface area contributed by atoms with Gasteiger partial charge in [-0.3, -0.25) is 0 Å². The number of aromatic nitrogens is 2. The first-order chi connectivity index (χ1) is 10.0. The first-order valence-corrected chi connectivity index (χ1v) is 7.27.